The molecule has 0 aliphatic heterocycles. The fraction of sp³-hybridized carbons (Fsp3) is 0.294. The fourth-order valence-electron chi connectivity index (χ4n) is 2.06. The molecule has 5 heteroatoms. The van der Waals surface area contributed by atoms with E-state index in [4.69, 9.17) is 4.74 Å². The van der Waals surface area contributed by atoms with Gasteiger partial charge >= 0.3 is 0 Å². The Morgan fingerprint density at radius 2 is 1.86 bits per heavy atom. The molecule has 118 valence electrons. The molecule has 0 heterocycles. The molecule has 0 unspecified atom stereocenters. The van der Waals surface area contributed by atoms with Crippen LogP contribution in [0.15, 0.2) is 40.9 Å². The number of alkyl halides is 2. The highest BCUT2D eigenvalue weighted by Gasteiger charge is 2.20. The first kappa shape index (κ1) is 16.9. The third-order valence-corrected chi connectivity index (χ3v) is 3.95. The summed E-state index contributed by atoms with van der Waals surface area (Å²) < 4.78 is 32.5. The van der Waals surface area contributed by atoms with Crippen LogP contribution in [0.4, 0.5) is 8.78 Å². The largest absolute Gasteiger partial charge is 0.455 e. The van der Waals surface area contributed by atoms with Crippen LogP contribution in [0.2, 0.25) is 0 Å². The minimum atomic E-state index is -2.61. The van der Waals surface area contributed by atoms with Crippen LogP contribution in [0.25, 0.3) is 0 Å². The van der Waals surface area contributed by atoms with Gasteiger partial charge in [0.05, 0.1) is 15.6 Å². The van der Waals surface area contributed by atoms with Gasteiger partial charge in [0.15, 0.2) is 0 Å². The Balaban J connectivity index is 2.40. The molecule has 2 nitrogen and oxygen atoms in total. The molecule has 0 atom stereocenters. The molecule has 0 saturated heterocycles. The van der Waals surface area contributed by atoms with Gasteiger partial charge < -0.3 is 9.84 Å². The highest BCUT2D eigenvalue weighted by atomic mass is 79.9. The van der Waals surface area contributed by atoms with E-state index in [1.165, 1.54) is 6.07 Å². The van der Waals surface area contributed by atoms with Gasteiger partial charge in [-0.1, -0.05) is 18.2 Å². The minimum absolute atomic E-state index is 0.140. The number of hydrogen-bond acceptors (Lipinski definition) is 2. The highest BCUT2D eigenvalue weighted by Crippen LogP contribution is 2.38. The molecule has 0 aliphatic rings. The molecule has 0 saturated carbocycles. The smallest absolute Gasteiger partial charge is 0.267 e. The molecule has 22 heavy (non-hydrogen) atoms. The van der Waals surface area contributed by atoms with E-state index in [-0.39, 0.29) is 11.3 Å². The zero-order valence-corrected chi connectivity index (χ0v) is 14.1. The second-order valence-corrected chi connectivity index (χ2v) is 6.45. The number of benzene rings is 2. The molecule has 0 fully saturated rings. The first-order valence-corrected chi connectivity index (χ1v) is 7.57. The van der Waals surface area contributed by atoms with Crippen molar-refractivity contribution in [2.24, 2.45) is 0 Å². The van der Waals surface area contributed by atoms with E-state index >= 15 is 0 Å². The minimum Gasteiger partial charge on any atom is -0.455 e. The van der Waals surface area contributed by atoms with Crippen molar-refractivity contribution in [3.05, 3.63) is 57.6 Å². The second-order valence-electron chi connectivity index (χ2n) is 5.60. The summed E-state index contributed by atoms with van der Waals surface area (Å²) in [6, 6.07) is 9.73. The number of aliphatic hydroxyl groups is 1. The Morgan fingerprint density at radius 3 is 2.41 bits per heavy atom. The Hall–Kier alpha value is -1.46. The lowest BCUT2D eigenvalue weighted by molar-refractivity contribution is 0.0785. The van der Waals surface area contributed by atoms with Crippen LogP contribution in [-0.2, 0) is 5.60 Å². The van der Waals surface area contributed by atoms with Gasteiger partial charge in [0.1, 0.15) is 11.5 Å². The Morgan fingerprint density at radius 1 is 1.18 bits per heavy atom. The van der Waals surface area contributed by atoms with Crippen molar-refractivity contribution in [1.29, 1.82) is 0 Å². The molecule has 2 rings (SSSR count). The van der Waals surface area contributed by atoms with Gasteiger partial charge in [0, 0.05) is 0 Å². The fourth-order valence-corrected chi connectivity index (χ4v) is 2.52. The zero-order chi connectivity index (χ0) is 16.5. The Kier molecular flexibility index (Phi) is 4.87. The van der Waals surface area contributed by atoms with Crippen LogP contribution in [-0.4, -0.2) is 5.11 Å². The van der Waals surface area contributed by atoms with Gasteiger partial charge in [-0.3, -0.25) is 0 Å². The quantitative estimate of drug-likeness (QED) is 0.746. The lowest BCUT2D eigenvalue weighted by Crippen LogP contribution is -2.15. The monoisotopic (exact) mass is 370 g/mol. The molecule has 2 aromatic carbocycles. The van der Waals surface area contributed by atoms with Gasteiger partial charge in [0.25, 0.3) is 6.43 Å². The molecule has 2 aromatic rings. The first-order valence-electron chi connectivity index (χ1n) is 6.78. The van der Waals surface area contributed by atoms with Gasteiger partial charge in [-0.25, -0.2) is 8.78 Å². The van der Waals surface area contributed by atoms with Gasteiger partial charge in [-0.15, -0.1) is 0 Å². The molecule has 1 N–H and O–H groups in total. The molecule has 0 radical (unpaired) electrons. The standard InChI is InChI=1S/C17H17BrF2O2/c1-10-5-4-6-12(16(19)20)15(10)22-14-8-7-11(9-13(14)18)17(2,3)21/h4-9,16,21H,1-3H3. The normalized spacial score (nSPS) is 11.8. The number of rotatable bonds is 4. The van der Waals surface area contributed by atoms with Crippen LogP contribution in [0, 0.1) is 6.92 Å². The Bertz CT molecular complexity index is 679. The average molecular weight is 371 g/mol. The third-order valence-electron chi connectivity index (χ3n) is 3.33. The average Bonchev–Trinajstić information content (AvgIpc) is 2.41. The molecular formula is C17H17BrF2O2. The van der Waals surface area contributed by atoms with E-state index in [0.29, 0.717) is 21.3 Å². The summed E-state index contributed by atoms with van der Waals surface area (Å²) >= 11 is 3.36. The number of hydrogen-bond donors (Lipinski definition) is 1. The number of halogens is 3. The van der Waals surface area contributed by atoms with Crippen LogP contribution in [0.5, 0.6) is 11.5 Å². The van der Waals surface area contributed by atoms with E-state index in [2.05, 4.69) is 15.9 Å². The second kappa shape index (κ2) is 6.34. The number of aryl methyl sites for hydroxylation is 1. The topological polar surface area (TPSA) is 29.5 Å². The third kappa shape index (κ3) is 3.65. The van der Waals surface area contributed by atoms with E-state index in [1.807, 2.05) is 0 Å². The SMILES string of the molecule is Cc1cccc(C(F)F)c1Oc1ccc(C(C)(C)O)cc1Br. The summed E-state index contributed by atoms with van der Waals surface area (Å²) in [5.41, 5.74) is 0.206. The summed E-state index contributed by atoms with van der Waals surface area (Å²) in [4.78, 5) is 0. The van der Waals surface area contributed by atoms with Crippen molar-refractivity contribution in [2.45, 2.75) is 32.8 Å². The molecular weight excluding hydrogens is 354 g/mol. The molecule has 0 amide bonds. The van der Waals surface area contributed by atoms with E-state index in [1.54, 1.807) is 51.1 Å². The molecule has 0 bridgehead atoms. The summed E-state index contributed by atoms with van der Waals surface area (Å²) in [5, 5.41) is 9.99. The maximum atomic E-state index is 13.1. The number of para-hydroxylation sites is 1. The summed E-state index contributed by atoms with van der Waals surface area (Å²) in [7, 11) is 0. The predicted octanol–water partition coefficient (Wildman–Crippen LogP) is 5.71. The van der Waals surface area contributed by atoms with Gasteiger partial charge in [0.2, 0.25) is 0 Å². The van der Waals surface area contributed by atoms with Crippen LogP contribution >= 0.6 is 15.9 Å². The van der Waals surface area contributed by atoms with E-state index in [9.17, 15) is 13.9 Å². The lowest BCUT2D eigenvalue weighted by Gasteiger charge is -2.20. The van der Waals surface area contributed by atoms with Crippen LogP contribution in [0.1, 0.15) is 37.0 Å². The molecule has 0 aromatic heterocycles. The highest BCUT2D eigenvalue weighted by molar-refractivity contribution is 9.10. The lowest BCUT2D eigenvalue weighted by atomic mass is 9.98. The maximum Gasteiger partial charge on any atom is 0.267 e. The van der Waals surface area contributed by atoms with Crippen molar-refractivity contribution in [2.75, 3.05) is 0 Å². The number of ether oxygens (including phenoxy) is 1. The van der Waals surface area contributed by atoms with Crippen LogP contribution in [0.3, 0.4) is 0 Å². The molecule has 0 spiro atoms. The van der Waals surface area contributed by atoms with Crippen molar-refractivity contribution < 1.29 is 18.6 Å². The van der Waals surface area contributed by atoms with Crippen molar-refractivity contribution in [3.8, 4) is 11.5 Å². The molecule has 0 aliphatic carbocycles. The van der Waals surface area contributed by atoms with Crippen LogP contribution < -0.4 is 4.74 Å². The van der Waals surface area contributed by atoms with E-state index in [0.717, 1.165) is 0 Å². The van der Waals surface area contributed by atoms with E-state index < -0.39 is 12.0 Å². The van der Waals surface area contributed by atoms with Gasteiger partial charge in [-0.05, 0) is 66.0 Å². The zero-order valence-electron chi connectivity index (χ0n) is 12.5. The first-order chi connectivity index (χ1) is 10.2. The van der Waals surface area contributed by atoms with Crippen molar-refractivity contribution >= 4 is 15.9 Å². The Labute approximate surface area is 136 Å². The van der Waals surface area contributed by atoms with Gasteiger partial charge in [-0.2, -0.15) is 0 Å². The van der Waals surface area contributed by atoms with Crippen molar-refractivity contribution in [1.82, 2.24) is 0 Å². The summed E-state index contributed by atoms with van der Waals surface area (Å²) in [5.74, 6) is 0.582. The summed E-state index contributed by atoms with van der Waals surface area (Å²) in [6.07, 6.45) is -2.61. The van der Waals surface area contributed by atoms with Crippen molar-refractivity contribution in [3.63, 3.8) is 0 Å². The summed E-state index contributed by atoms with van der Waals surface area (Å²) in [6.45, 7) is 5.07. The predicted molar refractivity (Wildman–Crippen MR) is 85.6 cm³/mol. The maximum absolute atomic E-state index is 13.1.